The van der Waals surface area contributed by atoms with Gasteiger partial charge in [-0.25, -0.2) is 0 Å². The van der Waals surface area contributed by atoms with Gasteiger partial charge in [0.2, 0.25) is 5.91 Å². The van der Waals surface area contributed by atoms with Gasteiger partial charge in [0.15, 0.2) is 0 Å². The van der Waals surface area contributed by atoms with Gasteiger partial charge in [-0.2, -0.15) is 5.10 Å². The molecule has 1 N–H and O–H groups in total. The Morgan fingerprint density at radius 3 is 2.54 bits per heavy atom. The molecule has 3 rings (SSSR count). The van der Waals surface area contributed by atoms with Gasteiger partial charge in [0.1, 0.15) is 11.7 Å². The molecule has 3 aromatic rings. The topological polar surface area (TPSA) is 46.9 Å². The van der Waals surface area contributed by atoms with Gasteiger partial charge in [-0.15, -0.1) is 0 Å². The normalized spacial score (nSPS) is 13.5. The van der Waals surface area contributed by atoms with E-state index in [0.29, 0.717) is 11.4 Å². The molecule has 26 heavy (non-hydrogen) atoms. The van der Waals surface area contributed by atoms with Crippen molar-refractivity contribution in [2.75, 3.05) is 0 Å². The quantitative estimate of drug-likeness (QED) is 0.647. The molecule has 0 radical (unpaired) electrons. The molecule has 136 valence electrons. The van der Waals surface area contributed by atoms with E-state index < -0.39 is 0 Å². The third-order valence-corrected chi connectivity index (χ3v) is 4.94. The first-order valence-electron chi connectivity index (χ1n) is 9.08. The average Bonchev–Trinajstić information content (AvgIpc) is 3.01. The summed E-state index contributed by atoms with van der Waals surface area (Å²) in [6.07, 6.45) is 1.56. The van der Waals surface area contributed by atoms with Crippen LogP contribution in [0.3, 0.4) is 0 Å². The minimum Gasteiger partial charge on any atom is -0.352 e. The summed E-state index contributed by atoms with van der Waals surface area (Å²) in [6.45, 7) is 6.08. The van der Waals surface area contributed by atoms with Gasteiger partial charge in [-0.3, -0.25) is 9.48 Å². The Balaban J connectivity index is 2.12. The Morgan fingerprint density at radius 1 is 1.15 bits per heavy atom. The fraction of sp³-hybridized carbons (Fsp3) is 0.333. The molecule has 1 heterocycles. The predicted octanol–water partition coefficient (Wildman–Crippen LogP) is 5.22. The van der Waals surface area contributed by atoms with E-state index in [2.05, 4.69) is 12.2 Å². The average molecular weight is 370 g/mol. The monoisotopic (exact) mass is 369 g/mol. The van der Waals surface area contributed by atoms with Crippen LogP contribution in [-0.4, -0.2) is 21.7 Å². The number of halogens is 1. The van der Waals surface area contributed by atoms with Gasteiger partial charge in [-0.1, -0.05) is 55.8 Å². The van der Waals surface area contributed by atoms with E-state index in [1.807, 2.05) is 67.1 Å². The highest BCUT2D eigenvalue weighted by molar-refractivity contribution is 6.31. The minimum atomic E-state index is -0.356. The molecular weight excluding hydrogens is 346 g/mol. The Bertz CT molecular complexity index is 904. The number of carbonyl (C=O) groups excluding carboxylic acids is 1. The van der Waals surface area contributed by atoms with E-state index in [1.165, 1.54) is 0 Å². The molecule has 0 aliphatic heterocycles. The number of fused-ring (bicyclic) bond motifs is 1. The van der Waals surface area contributed by atoms with Gasteiger partial charge in [-0.05, 0) is 38.0 Å². The van der Waals surface area contributed by atoms with Crippen LogP contribution in [0.4, 0.5) is 0 Å². The molecule has 0 aliphatic carbocycles. The third-order valence-electron chi connectivity index (χ3n) is 4.70. The van der Waals surface area contributed by atoms with Crippen molar-refractivity contribution in [2.24, 2.45) is 0 Å². The van der Waals surface area contributed by atoms with Crippen molar-refractivity contribution in [1.29, 1.82) is 0 Å². The number of nitrogens with zero attached hydrogens (tertiary/aromatic N) is 2. The summed E-state index contributed by atoms with van der Waals surface area (Å²) in [4.78, 5) is 12.8. The van der Waals surface area contributed by atoms with Crippen LogP contribution in [0.5, 0.6) is 0 Å². The molecule has 4 nitrogen and oxygen atoms in total. The fourth-order valence-corrected chi connectivity index (χ4v) is 3.24. The molecule has 0 aliphatic rings. The first-order valence-corrected chi connectivity index (χ1v) is 9.46. The highest BCUT2D eigenvalue weighted by Crippen LogP contribution is 2.32. The van der Waals surface area contributed by atoms with Gasteiger partial charge in [0.25, 0.3) is 0 Å². The maximum absolute atomic E-state index is 12.8. The summed E-state index contributed by atoms with van der Waals surface area (Å²) in [6, 6.07) is 15.5. The van der Waals surface area contributed by atoms with E-state index in [-0.39, 0.29) is 18.0 Å². The lowest BCUT2D eigenvalue weighted by atomic mass is 10.1. The molecular formula is C21H24ClN3O. The molecule has 0 spiro atoms. The van der Waals surface area contributed by atoms with Crippen molar-refractivity contribution in [3.63, 3.8) is 0 Å². The number of carbonyl (C=O) groups is 1. The third kappa shape index (κ3) is 3.61. The Labute approximate surface area is 159 Å². The second-order valence-corrected chi connectivity index (χ2v) is 7.00. The Morgan fingerprint density at radius 2 is 1.88 bits per heavy atom. The molecule has 2 atom stereocenters. The molecule has 1 amide bonds. The van der Waals surface area contributed by atoms with Crippen molar-refractivity contribution < 1.29 is 4.79 Å². The zero-order valence-corrected chi connectivity index (χ0v) is 16.1. The van der Waals surface area contributed by atoms with Crippen molar-refractivity contribution in [3.8, 4) is 11.3 Å². The van der Waals surface area contributed by atoms with E-state index >= 15 is 0 Å². The SMILES string of the molecule is CC[C@H](C)NC(=O)[C@H](CC)n1nc(-c2ccccc2)c2cc(Cl)ccc21. The smallest absolute Gasteiger partial charge is 0.245 e. The number of amides is 1. The second kappa shape index (κ2) is 7.92. The lowest BCUT2D eigenvalue weighted by molar-refractivity contribution is -0.125. The Hall–Kier alpha value is -2.33. The lowest BCUT2D eigenvalue weighted by Gasteiger charge is -2.19. The van der Waals surface area contributed by atoms with E-state index in [9.17, 15) is 4.79 Å². The number of rotatable bonds is 6. The number of benzene rings is 2. The number of hydrogen-bond acceptors (Lipinski definition) is 2. The van der Waals surface area contributed by atoms with Crippen LogP contribution >= 0.6 is 11.6 Å². The summed E-state index contributed by atoms with van der Waals surface area (Å²) < 4.78 is 1.84. The van der Waals surface area contributed by atoms with Gasteiger partial charge in [0.05, 0.1) is 5.52 Å². The maximum atomic E-state index is 12.8. The first-order chi connectivity index (χ1) is 12.5. The van der Waals surface area contributed by atoms with Crippen LogP contribution in [0.15, 0.2) is 48.5 Å². The molecule has 0 bridgehead atoms. The predicted molar refractivity (Wildman–Crippen MR) is 107 cm³/mol. The van der Waals surface area contributed by atoms with Crippen molar-refractivity contribution >= 4 is 28.4 Å². The largest absolute Gasteiger partial charge is 0.352 e. The number of nitrogens with one attached hydrogen (secondary N) is 1. The molecule has 5 heteroatoms. The molecule has 1 aromatic heterocycles. The summed E-state index contributed by atoms with van der Waals surface area (Å²) >= 11 is 6.23. The van der Waals surface area contributed by atoms with Gasteiger partial charge < -0.3 is 5.32 Å². The zero-order valence-electron chi connectivity index (χ0n) is 15.4. The molecule has 0 unspecified atom stereocenters. The van der Waals surface area contributed by atoms with Crippen molar-refractivity contribution in [1.82, 2.24) is 15.1 Å². The van der Waals surface area contributed by atoms with Crippen LogP contribution in [-0.2, 0) is 4.79 Å². The molecule has 0 fully saturated rings. The second-order valence-electron chi connectivity index (χ2n) is 6.56. The lowest BCUT2D eigenvalue weighted by Crippen LogP contribution is -2.38. The van der Waals surface area contributed by atoms with Gasteiger partial charge in [0, 0.05) is 22.0 Å². The van der Waals surface area contributed by atoms with Gasteiger partial charge >= 0.3 is 0 Å². The van der Waals surface area contributed by atoms with Crippen LogP contribution < -0.4 is 5.32 Å². The number of hydrogen-bond donors (Lipinski definition) is 1. The van der Waals surface area contributed by atoms with Crippen LogP contribution in [0.2, 0.25) is 5.02 Å². The van der Waals surface area contributed by atoms with E-state index in [1.54, 1.807) is 0 Å². The van der Waals surface area contributed by atoms with E-state index in [4.69, 9.17) is 16.7 Å². The van der Waals surface area contributed by atoms with E-state index in [0.717, 1.165) is 28.6 Å². The standard InChI is InChI=1S/C21H24ClN3O/c1-4-14(3)23-21(26)18(5-2)25-19-12-11-16(22)13-17(19)20(24-25)15-9-7-6-8-10-15/h6-14,18H,4-5H2,1-3H3,(H,23,26)/t14-,18-/m0/s1. The summed E-state index contributed by atoms with van der Waals surface area (Å²) in [7, 11) is 0. The fourth-order valence-electron chi connectivity index (χ4n) is 3.07. The zero-order chi connectivity index (χ0) is 18.7. The Kier molecular flexibility index (Phi) is 5.62. The highest BCUT2D eigenvalue weighted by atomic mass is 35.5. The summed E-state index contributed by atoms with van der Waals surface area (Å²) in [5, 5.41) is 9.52. The van der Waals surface area contributed by atoms with Crippen molar-refractivity contribution in [3.05, 3.63) is 53.6 Å². The first kappa shape index (κ1) is 18.5. The molecule has 0 saturated carbocycles. The van der Waals surface area contributed by atoms with Crippen LogP contribution in [0, 0.1) is 0 Å². The highest BCUT2D eigenvalue weighted by Gasteiger charge is 2.24. The molecule has 2 aromatic carbocycles. The van der Waals surface area contributed by atoms with Crippen LogP contribution in [0.25, 0.3) is 22.2 Å². The van der Waals surface area contributed by atoms with Crippen LogP contribution in [0.1, 0.15) is 39.7 Å². The summed E-state index contributed by atoms with van der Waals surface area (Å²) in [5.41, 5.74) is 2.77. The minimum absolute atomic E-state index is 0.000752. The molecule has 0 saturated heterocycles. The summed E-state index contributed by atoms with van der Waals surface area (Å²) in [5.74, 6) is 0.000752. The number of aromatic nitrogens is 2. The van der Waals surface area contributed by atoms with Crippen molar-refractivity contribution in [2.45, 2.75) is 45.7 Å². The maximum Gasteiger partial charge on any atom is 0.245 e.